The molecule has 1 N–H and O–H groups in total. The van der Waals surface area contributed by atoms with Crippen LogP contribution in [0.3, 0.4) is 0 Å². The van der Waals surface area contributed by atoms with Crippen molar-refractivity contribution in [2.24, 2.45) is 0 Å². The van der Waals surface area contributed by atoms with Crippen LogP contribution in [0.25, 0.3) is 10.1 Å². The van der Waals surface area contributed by atoms with Crippen LogP contribution < -0.4 is 5.32 Å². The molecule has 0 saturated heterocycles. The molecule has 0 aliphatic rings. The highest BCUT2D eigenvalue weighted by Gasteiger charge is 2.29. The summed E-state index contributed by atoms with van der Waals surface area (Å²) in [4.78, 5) is 0. The molecule has 1 aromatic carbocycles. The van der Waals surface area contributed by atoms with Crippen LogP contribution >= 0.6 is 11.3 Å². The summed E-state index contributed by atoms with van der Waals surface area (Å²) < 4.78 is 7.25. The van der Waals surface area contributed by atoms with Crippen LogP contribution in [0, 0.1) is 0 Å². The van der Waals surface area contributed by atoms with Crippen molar-refractivity contribution in [3.05, 3.63) is 35.2 Å². The highest BCUT2D eigenvalue weighted by atomic mass is 32.1. The summed E-state index contributed by atoms with van der Waals surface area (Å²) in [5, 5.41) is 7.06. The van der Waals surface area contributed by atoms with Gasteiger partial charge < -0.3 is 10.1 Å². The Morgan fingerprint density at radius 2 is 2.05 bits per heavy atom. The molecular formula is C16H23NOS. The maximum absolute atomic E-state index is 5.88. The second-order valence-electron chi connectivity index (χ2n) is 5.34. The highest BCUT2D eigenvalue weighted by Crippen LogP contribution is 2.28. The third-order valence-electron chi connectivity index (χ3n) is 3.69. The van der Waals surface area contributed by atoms with Gasteiger partial charge in [-0.3, -0.25) is 0 Å². The standard InChI is InChI=1S/C16H23NOS/c1-5-18-16(2,3)15(17-4)10-12-11-19-14-9-7-6-8-13(12)14/h6-9,11,15,17H,5,10H2,1-4H3. The summed E-state index contributed by atoms with van der Waals surface area (Å²) in [6, 6.07) is 8.92. The smallest absolute Gasteiger partial charge is 0.0781 e. The zero-order valence-corrected chi connectivity index (χ0v) is 13.0. The fourth-order valence-corrected chi connectivity index (χ4v) is 3.55. The molecule has 104 valence electrons. The average molecular weight is 277 g/mol. The van der Waals surface area contributed by atoms with Crippen molar-refractivity contribution in [1.82, 2.24) is 5.32 Å². The van der Waals surface area contributed by atoms with Gasteiger partial charge in [0.25, 0.3) is 0 Å². The van der Waals surface area contributed by atoms with E-state index in [1.54, 1.807) is 0 Å². The van der Waals surface area contributed by atoms with Crippen molar-refractivity contribution < 1.29 is 4.74 Å². The van der Waals surface area contributed by atoms with Gasteiger partial charge in [-0.05, 0) is 56.6 Å². The minimum atomic E-state index is -0.160. The summed E-state index contributed by atoms with van der Waals surface area (Å²) in [6.07, 6.45) is 0.994. The van der Waals surface area contributed by atoms with Crippen molar-refractivity contribution in [3.63, 3.8) is 0 Å². The van der Waals surface area contributed by atoms with Gasteiger partial charge in [0.15, 0.2) is 0 Å². The van der Waals surface area contributed by atoms with Crippen LogP contribution in [0.15, 0.2) is 29.6 Å². The van der Waals surface area contributed by atoms with Gasteiger partial charge in [0.1, 0.15) is 0 Å². The highest BCUT2D eigenvalue weighted by molar-refractivity contribution is 7.17. The Bertz CT molecular complexity index is 532. The molecule has 2 aromatic rings. The van der Waals surface area contributed by atoms with Crippen molar-refractivity contribution >= 4 is 21.4 Å². The lowest BCUT2D eigenvalue weighted by atomic mass is 9.92. The van der Waals surface area contributed by atoms with Gasteiger partial charge in [0.2, 0.25) is 0 Å². The van der Waals surface area contributed by atoms with E-state index >= 15 is 0 Å². The topological polar surface area (TPSA) is 21.3 Å². The molecule has 1 heterocycles. The van der Waals surface area contributed by atoms with Crippen LogP contribution in [-0.4, -0.2) is 25.3 Å². The normalized spacial score (nSPS) is 13.9. The zero-order chi connectivity index (χ0) is 13.9. The van der Waals surface area contributed by atoms with E-state index in [9.17, 15) is 0 Å². The molecule has 19 heavy (non-hydrogen) atoms. The molecule has 2 rings (SSSR count). The minimum Gasteiger partial charge on any atom is -0.374 e. The minimum absolute atomic E-state index is 0.160. The van der Waals surface area contributed by atoms with Gasteiger partial charge in [-0.1, -0.05) is 18.2 Å². The molecule has 0 amide bonds. The lowest BCUT2D eigenvalue weighted by molar-refractivity contribution is -0.0362. The molecule has 1 atom stereocenters. The Labute approximate surface area is 119 Å². The maximum Gasteiger partial charge on any atom is 0.0781 e. The van der Waals surface area contributed by atoms with E-state index in [2.05, 4.69) is 55.7 Å². The van der Waals surface area contributed by atoms with Crippen LogP contribution in [0.4, 0.5) is 0 Å². The fraction of sp³-hybridized carbons (Fsp3) is 0.500. The lowest BCUT2D eigenvalue weighted by Crippen LogP contribution is -2.48. The van der Waals surface area contributed by atoms with Gasteiger partial charge in [0, 0.05) is 17.3 Å². The second-order valence-corrected chi connectivity index (χ2v) is 6.25. The molecule has 0 aliphatic carbocycles. The fourth-order valence-electron chi connectivity index (χ4n) is 2.58. The monoisotopic (exact) mass is 277 g/mol. The first kappa shape index (κ1) is 14.5. The molecular weight excluding hydrogens is 254 g/mol. The Morgan fingerprint density at radius 3 is 2.74 bits per heavy atom. The number of likely N-dealkylation sites (N-methyl/N-ethyl adjacent to an activating group) is 1. The average Bonchev–Trinajstić information content (AvgIpc) is 2.79. The van der Waals surface area contributed by atoms with E-state index in [0.29, 0.717) is 6.04 Å². The van der Waals surface area contributed by atoms with Crippen LogP contribution in [0.5, 0.6) is 0 Å². The van der Waals surface area contributed by atoms with Crippen LogP contribution in [-0.2, 0) is 11.2 Å². The van der Waals surface area contributed by atoms with E-state index in [1.165, 1.54) is 15.6 Å². The number of ether oxygens (including phenoxy) is 1. The third kappa shape index (κ3) is 3.16. The van der Waals surface area contributed by atoms with Crippen LogP contribution in [0.2, 0.25) is 0 Å². The predicted molar refractivity (Wildman–Crippen MR) is 84.1 cm³/mol. The van der Waals surface area contributed by atoms with Gasteiger partial charge in [0.05, 0.1) is 5.60 Å². The maximum atomic E-state index is 5.88. The van der Waals surface area contributed by atoms with Crippen LogP contribution in [0.1, 0.15) is 26.3 Å². The van der Waals surface area contributed by atoms with E-state index in [4.69, 9.17) is 4.74 Å². The predicted octanol–water partition coefficient (Wildman–Crippen LogP) is 3.85. The lowest BCUT2D eigenvalue weighted by Gasteiger charge is -2.34. The number of benzene rings is 1. The first-order valence-electron chi connectivity index (χ1n) is 6.84. The largest absolute Gasteiger partial charge is 0.374 e. The summed E-state index contributed by atoms with van der Waals surface area (Å²) in [5.41, 5.74) is 1.25. The van der Waals surface area contributed by atoms with Gasteiger partial charge in [-0.15, -0.1) is 11.3 Å². The molecule has 0 fully saturated rings. The van der Waals surface area contributed by atoms with Gasteiger partial charge in [-0.25, -0.2) is 0 Å². The second kappa shape index (κ2) is 6.04. The van der Waals surface area contributed by atoms with Crippen molar-refractivity contribution in [2.75, 3.05) is 13.7 Å². The van der Waals surface area contributed by atoms with Gasteiger partial charge >= 0.3 is 0 Å². The number of rotatable bonds is 6. The Morgan fingerprint density at radius 1 is 1.32 bits per heavy atom. The first-order chi connectivity index (χ1) is 9.08. The summed E-state index contributed by atoms with van der Waals surface area (Å²) in [6.45, 7) is 7.11. The van der Waals surface area contributed by atoms with E-state index in [1.807, 2.05) is 18.4 Å². The van der Waals surface area contributed by atoms with E-state index in [0.717, 1.165) is 13.0 Å². The molecule has 1 aromatic heterocycles. The number of nitrogens with one attached hydrogen (secondary N) is 1. The zero-order valence-electron chi connectivity index (χ0n) is 12.2. The van der Waals surface area contributed by atoms with Gasteiger partial charge in [-0.2, -0.15) is 0 Å². The van der Waals surface area contributed by atoms with E-state index < -0.39 is 0 Å². The molecule has 2 nitrogen and oxygen atoms in total. The number of fused-ring (bicyclic) bond motifs is 1. The molecule has 0 radical (unpaired) electrons. The first-order valence-corrected chi connectivity index (χ1v) is 7.72. The molecule has 0 saturated carbocycles. The molecule has 0 bridgehead atoms. The number of hydrogen-bond acceptors (Lipinski definition) is 3. The summed E-state index contributed by atoms with van der Waals surface area (Å²) in [7, 11) is 2.01. The summed E-state index contributed by atoms with van der Waals surface area (Å²) >= 11 is 1.82. The molecule has 0 spiro atoms. The summed E-state index contributed by atoms with van der Waals surface area (Å²) in [5.74, 6) is 0. The van der Waals surface area contributed by atoms with E-state index in [-0.39, 0.29) is 5.60 Å². The van der Waals surface area contributed by atoms with Crippen molar-refractivity contribution in [1.29, 1.82) is 0 Å². The number of hydrogen-bond donors (Lipinski definition) is 1. The van der Waals surface area contributed by atoms with Crippen molar-refractivity contribution in [3.8, 4) is 0 Å². The SMILES string of the molecule is CCOC(C)(C)C(Cc1csc2ccccc12)NC. The number of thiophene rings is 1. The third-order valence-corrected chi connectivity index (χ3v) is 4.70. The quantitative estimate of drug-likeness (QED) is 0.866. The Kier molecular flexibility index (Phi) is 4.61. The van der Waals surface area contributed by atoms with Crippen molar-refractivity contribution in [2.45, 2.75) is 38.8 Å². The Balaban J connectivity index is 2.23. The molecule has 3 heteroatoms. The molecule has 1 unspecified atom stereocenters. The Hall–Kier alpha value is -0.900. The molecule has 0 aliphatic heterocycles.